The SMILES string of the molecule is C=CCOc1c(F)cccc1CCN. The zero-order valence-corrected chi connectivity index (χ0v) is 8.00. The highest BCUT2D eigenvalue weighted by atomic mass is 19.1. The quantitative estimate of drug-likeness (QED) is 0.728. The monoisotopic (exact) mass is 195 g/mol. The first-order valence-corrected chi connectivity index (χ1v) is 4.50. The summed E-state index contributed by atoms with van der Waals surface area (Å²) in [5.41, 5.74) is 6.21. The van der Waals surface area contributed by atoms with Gasteiger partial charge in [0, 0.05) is 0 Å². The lowest BCUT2D eigenvalue weighted by molar-refractivity contribution is 0.338. The number of hydrogen-bond donors (Lipinski definition) is 1. The van der Waals surface area contributed by atoms with Gasteiger partial charge in [-0.05, 0) is 24.6 Å². The molecule has 0 saturated carbocycles. The van der Waals surface area contributed by atoms with Crippen LogP contribution in [-0.2, 0) is 6.42 Å². The molecule has 1 rings (SSSR count). The molecule has 0 amide bonds. The van der Waals surface area contributed by atoms with Gasteiger partial charge in [-0.1, -0.05) is 24.8 Å². The highest BCUT2D eigenvalue weighted by molar-refractivity contribution is 5.35. The topological polar surface area (TPSA) is 35.2 Å². The van der Waals surface area contributed by atoms with Gasteiger partial charge >= 0.3 is 0 Å². The molecule has 0 fully saturated rings. The number of para-hydroxylation sites is 1. The van der Waals surface area contributed by atoms with Crippen molar-refractivity contribution in [2.75, 3.05) is 13.2 Å². The predicted molar refractivity (Wildman–Crippen MR) is 54.9 cm³/mol. The number of hydrogen-bond acceptors (Lipinski definition) is 2. The Labute approximate surface area is 83.2 Å². The van der Waals surface area contributed by atoms with E-state index in [2.05, 4.69) is 6.58 Å². The second-order valence-corrected chi connectivity index (χ2v) is 2.87. The van der Waals surface area contributed by atoms with E-state index in [1.807, 2.05) is 6.07 Å². The summed E-state index contributed by atoms with van der Waals surface area (Å²) in [7, 11) is 0. The van der Waals surface area contributed by atoms with Gasteiger partial charge in [-0.3, -0.25) is 0 Å². The molecule has 0 atom stereocenters. The number of nitrogens with two attached hydrogens (primary N) is 1. The zero-order valence-electron chi connectivity index (χ0n) is 8.00. The van der Waals surface area contributed by atoms with Gasteiger partial charge in [-0.2, -0.15) is 0 Å². The Morgan fingerprint density at radius 2 is 2.29 bits per heavy atom. The van der Waals surface area contributed by atoms with Gasteiger partial charge in [0.2, 0.25) is 0 Å². The summed E-state index contributed by atoms with van der Waals surface area (Å²) in [4.78, 5) is 0. The molecule has 14 heavy (non-hydrogen) atoms. The van der Waals surface area contributed by atoms with E-state index in [0.717, 1.165) is 5.56 Å². The Morgan fingerprint density at radius 1 is 1.50 bits per heavy atom. The van der Waals surface area contributed by atoms with Gasteiger partial charge in [0.15, 0.2) is 11.6 Å². The van der Waals surface area contributed by atoms with Crippen molar-refractivity contribution in [2.24, 2.45) is 5.73 Å². The van der Waals surface area contributed by atoms with Crippen LogP contribution in [-0.4, -0.2) is 13.2 Å². The fourth-order valence-corrected chi connectivity index (χ4v) is 1.21. The standard InChI is InChI=1S/C11H14FNO/c1-2-8-14-11-9(6-7-13)4-3-5-10(11)12/h2-5H,1,6-8,13H2. The maximum absolute atomic E-state index is 13.3. The summed E-state index contributed by atoms with van der Waals surface area (Å²) >= 11 is 0. The van der Waals surface area contributed by atoms with Crippen LogP contribution in [0.15, 0.2) is 30.9 Å². The lowest BCUT2D eigenvalue weighted by Crippen LogP contribution is -2.06. The first-order valence-electron chi connectivity index (χ1n) is 4.50. The zero-order chi connectivity index (χ0) is 10.4. The van der Waals surface area contributed by atoms with Crippen LogP contribution < -0.4 is 10.5 Å². The second-order valence-electron chi connectivity index (χ2n) is 2.87. The molecule has 0 unspecified atom stereocenters. The van der Waals surface area contributed by atoms with E-state index in [1.165, 1.54) is 6.07 Å². The lowest BCUT2D eigenvalue weighted by Gasteiger charge is -2.09. The molecule has 0 aliphatic carbocycles. The van der Waals surface area contributed by atoms with Crippen LogP contribution >= 0.6 is 0 Å². The van der Waals surface area contributed by atoms with Crippen LogP contribution in [0.25, 0.3) is 0 Å². The molecule has 0 radical (unpaired) electrons. The van der Waals surface area contributed by atoms with Crippen LogP contribution in [0, 0.1) is 5.82 Å². The molecular weight excluding hydrogens is 181 g/mol. The summed E-state index contributed by atoms with van der Waals surface area (Å²) in [5.74, 6) is -0.0596. The van der Waals surface area contributed by atoms with E-state index in [-0.39, 0.29) is 11.6 Å². The summed E-state index contributed by atoms with van der Waals surface area (Å²) in [6, 6.07) is 4.84. The van der Waals surface area contributed by atoms with Gasteiger partial charge in [-0.25, -0.2) is 4.39 Å². The molecule has 3 heteroatoms. The van der Waals surface area contributed by atoms with Crippen molar-refractivity contribution < 1.29 is 9.13 Å². The van der Waals surface area contributed by atoms with Crippen molar-refractivity contribution in [3.8, 4) is 5.75 Å². The molecule has 0 aliphatic heterocycles. The highest BCUT2D eigenvalue weighted by Gasteiger charge is 2.07. The molecule has 0 heterocycles. The molecule has 1 aromatic rings. The molecule has 0 saturated heterocycles. The molecular formula is C11H14FNO. The van der Waals surface area contributed by atoms with Crippen molar-refractivity contribution in [2.45, 2.75) is 6.42 Å². The van der Waals surface area contributed by atoms with Crippen LogP contribution in [0.4, 0.5) is 4.39 Å². The lowest BCUT2D eigenvalue weighted by atomic mass is 10.1. The fraction of sp³-hybridized carbons (Fsp3) is 0.273. The number of ether oxygens (including phenoxy) is 1. The average molecular weight is 195 g/mol. The maximum Gasteiger partial charge on any atom is 0.165 e. The average Bonchev–Trinajstić information content (AvgIpc) is 2.18. The number of rotatable bonds is 5. The molecule has 0 aromatic heterocycles. The smallest absolute Gasteiger partial charge is 0.165 e. The summed E-state index contributed by atoms with van der Waals surface area (Å²) in [6.07, 6.45) is 2.20. The van der Waals surface area contributed by atoms with Crippen molar-refractivity contribution in [3.63, 3.8) is 0 Å². The minimum atomic E-state index is -0.349. The Morgan fingerprint density at radius 3 is 2.93 bits per heavy atom. The van der Waals surface area contributed by atoms with Crippen molar-refractivity contribution in [1.82, 2.24) is 0 Å². The van der Waals surface area contributed by atoms with Gasteiger partial charge in [-0.15, -0.1) is 0 Å². The predicted octanol–water partition coefficient (Wildman–Crippen LogP) is 1.89. The van der Waals surface area contributed by atoms with E-state index in [0.29, 0.717) is 19.6 Å². The van der Waals surface area contributed by atoms with E-state index >= 15 is 0 Å². The Kier molecular flexibility index (Phi) is 4.13. The Hall–Kier alpha value is -1.35. The highest BCUT2D eigenvalue weighted by Crippen LogP contribution is 2.22. The molecule has 0 aliphatic rings. The first kappa shape index (κ1) is 10.7. The van der Waals surface area contributed by atoms with E-state index in [1.54, 1.807) is 12.1 Å². The van der Waals surface area contributed by atoms with Gasteiger partial charge in [0.05, 0.1) is 0 Å². The van der Waals surface area contributed by atoms with E-state index in [4.69, 9.17) is 10.5 Å². The molecule has 1 aromatic carbocycles. The Balaban J connectivity index is 2.89. The minimum Gasteiger partial charge on any atom is -0.486 e. The van der Waals surface area contributed by atoms with E-state index in [9.17, 15) is 4.39 Å². The van der Waals surface area contributed by atoms with Crippen LogP contribution in [0.1, 0.15) is 5.56 Å². The summed E-state index contributed by atoms with van der Waals surface area (Å²) < 4.78 is 18.5. The third kappa shape index (κ3) is 2.57. The molecule has 76 valence electrons. The summed E-state index contributed by atoms with van der Waals surface area (Å²) in [6.45, 7) is 4.29. The van der Waals surface area contributed by atoms with Crippen LogP contribution in [0.5, 0.6) is 5.75 Å². The molecule has 0 bridgehead atoms. The van der Waals surface area contributed by atoms with Crippen LogP contribution in [0.3, 0.4) is 0 Å². The second kappa shape index (κ2) is 5.40. The molecule has 2 N–H and O–H groups in total. The minimum absolute atomic E-state index is 0.290. The van der Waals surface area contributed by atoms with Gasteiger partial charge < -0.3 is 10.5 Å². The Bertz CT molecular complexity index is 312. The fourth-order valence-electron chi connectivity index (χ4n) is 1.21. The van der Waals surface area contributed by atoms with Crippen LogP contribution in [0.2, 0.25) is 0 Å². The third-order valence-corrected chi connectivity index (χ3v) is 1.81. The third-order valence-electron chi connectivity index (χ3n) is 1.81. The molecule has 2 nitrogen and oxygen atoms in total. The van der Waals surface area contributed by atoms with Crippen molar-refractivity contribution >= 4 is 0 Å². The van der Waals surface area contributed by atoms with Gasteiger partial charge in [0.1, 0.15) is 6.61 Å². The summed E-state index contributed by atoms with van der Waals surface area (Å²) in [5, 5.41) is 0. The molecule has 0 spiro atoms. The maximum atomic E-state index is 13.3. The van der Waals surface area contributed by atoms with Gasteiger partial charge in [0.25, 0.3) is 0 Å². The largest absolute Gasteiger partial charge is 0.486 e. The normalized spacial score (nSPS) is 9.86. The first-order chi connectivity index (χ1) is 6.79. The van der Waals surface area contributed by atoms with Crippen molar-refractivity contribution in [3.05, 3.63) is 42.2 Å². The van der Waals surface area contributed by atoms with E-state index < -0.39 is 0 Å². The number of benzene rings is 1. The number of halogens is 1. The van der Waals surface area contributed by atoms with Crippen molar-refractivity contribution in [1.29, 1.82) is 0 Å².